The van der Waals surface area contributed by atoms with Crippen molar-refractivity contribution in [1.29, 1.82) is 0 Å². The molecule has 18 heavy (non-hydrogen) atoms. The molecule has 3 rings (SSSR count). The van der Waals surface area contributed by atoms with Gasteiger partial charge in [-0.1, -0.05) is 0 Å². The molecule has 4 heteroatoms. The number of hydrogen-bond acceptors (Lipinski definition) is 3. The van der Waals surface area contributed by atoms with Gasteiger partial charge in [0.05, 0.1) is 12.8 Å². The summed E-state index contributed by atoms with van der Waals surface area (Å²) in [5, 5.41) is 7.41. The molecule has 0 amide bonds. The Morgan fingerprint density at radius 2 is 2.33 bits per heavy atom. The van der Waals surface area contributed by atoms with Gasteiger partial charge in [-0.15, -0.1) is 0 Å². The van der Waals surface area contributed by atoms with Crippen LogP contribution in [0.1, 0.15) is 0 Å². The predicted molar refractivity (Wildman–Crippen MR) is 69.3 cm³/mol. The highest BCUT2D eigenvalue weighted by molar-refractivity contribution is 5.63. The average Bonchev–Trinajstić information content (AvgIpc) is 2.74. The molecule has 0 aliphatic carbocycles. The summed E-state index contributed by atoms with van der Waals surface area (Å²) in [5.74, 6) is 1.52. The van der Waals surface area contributed by atoms with Crippen molar-refractivity contribution in [3.8, 4) is 16.9 Å². The van der Waals surface area contributed by atoms with E-state index < -0.39 is 0 Å². The Balaban J connectivity index is 1.71. The van der Waals surface area contributed by atoms with Crippen molar-refractivity contribution in [2.45, 2.75) is 0 Å². The van der Waals surface area contributed by atoms with Crippen LogP contribution in [0.5, 0.6) is 5.75 Å². The fourth-order valence-electron chi connectivity index (χ4n) is 1.95. The molecule has 1 fully saturated rings. The molecule has 1 aromatic heterocycles. The van der Waals surface area contributed by atoms with E-state index in [1.807, 2.05) is 37.6 Å². The zero-order chi connectivity index (χ0) is 12.4. The van der Waals surface area contributed by atoms with E-state index in [4.69, 9.17) is 4.74 Å². The molecule has 1 saturated heterocycles. The van der Waals surface area contributed by atoms with Crippen LogP contribution in [-0.4, -0.2) is 29.5 Å². The van der Waals surface area contributed by atoms with Crippen LogP contribution >= 0.6 is 0 Å². The summed E-state index contributed by atoms with van der Waals surface area (Å²) in [6.07, 6.45) is 3.84. The van der Waals surface area contributed by atoms with E-state index in [0.717, 1.165) is 36.6 Å². The Kier molecular flexibility index (Phi) is 3.02. The van der Waals surface area contributed by atoms with Crippen LogP contribution in [0.15, 0.2) is 30.6 Å². The van der Waals surface area contributed by atoms with Crippen molar-refractivity contribution < 1.29 is 4.74 Å². The molecule has 4 nitrogen and oxygen atoms in total. The minimum absolute atomic E-state index is 0.645. The Morgan fingerprint density at radius 1 is 1.44 bits per heavy atom. The second-order valence-electron chi connectivity index (χ2n) is 4.70. The highest BCUT2D eigenvalue weighted by atomic mass is 16.5. The fourth-order valence-corrected chi connectivity index (χ4v) is 1.95. The molecule has 2 heterocycles. The molecular formula is C14H16N3O. The average molecular weight is 242 g/mol. The fraction of sp³-hybridized carbons (Fsp3) is 0.357. The van der Waals surface area contributed by atoms with Gasteiger partial charge < -0.3 is 10.1 Å². The van der Waals surface area contributed by atoms with Gasteiger partial charge in [0.2, 0.25) is 0 Å². The lowest BCUT2D eigenvalue weighted by molar-refractivity contribution is 0.199. The van der Waals surface area contributed by atoms with Crippen molar-refractivity contribution >= 4 is 0 Å². The number of aryl methyl sites for hydroxylation is 1. The van der Waals surface area contributed by atoms with Gasteiger partial charge in [0.15, 0.2) is 0 Å². The number of aromatic nitrogens is 2. The van der Waals surface area contributed by atoms with Crippen LogP contribution in [0.25, 0.3) is 11.1 Å². The van der Waals surface area contributed by atoms with Gasteiger partial charge in [-0.3, -0.25) is 4.68 Å². The maximum Gasteiger partial charge on any atom is 0.120 e. The van der Waals surface area contributed by atoms with Gasteiger partial charge >= 0.3 is 0 Å². The lowest BCUT2D eigenvalue weighted by Gasteiger charge is -2.26. The molecule has 0 spiro atoms. The minimum atomic E-state index is 0.645. The maximum atomic E-state index is 5.78. The molecule has 0 unspecified atom stereocenters. The summed E-state index contributed by atoms with van der Waals surface area (Å²) in [7, 11) is 1.91. The molecule has 1 radical (unpaired) electrons. The number of hydrogen-bond donors (Lipinski definition) is 1. The Bertz CT molecular complexity index is 531. The Morgan fingerprint density at radius 3 is 3.00 bits per heavy atom. The topological polar surface area (TPSA) is 39.1 Å². The van der Waals surface area contributed by atoms with Gasteiger partial charge in [0.25, 0.3) is 0 Å². The second kappa shape index (κ2) is 4.82. The zero-order valence-corrected chi connectivity index (χ0v) is 10.4. The molecule has 2 aromatic rings. The summed E-state index contributed by atoms with van der Waals surface area (Å²) in [6, 6.07) is 8.99. The van der Waals surface area contributed by atoms with Crippen LogP contribution in [-0.2, 0) is 7.05 Å². The van der Waals surface area contributed by atoms with E-state index in [-0.39, 0.29) is 0 Å². The first-order valence-electron chi connectivity index (χ1n) is 6.15. The third kappa shape index (κ3) is 2.38. The van der Waals surface area contributed by atoms with Gasteiger partial charge in [-0.25, -0.2) is 0 Å². The van der Waals surface area contributed by atoms with Crippen LogP contribution in [0.3, 0.4) is 0 Å². The number of nitrogens with zero attached hydrogens (tertiary/aromatic N) is 2. The summed E-state index contributed by atoms with van der Waals surface area (Å²) in [5.41, 5.74) is 2.18. The SMILES string of the molecule is Cn1cc(-c2c[c]cc(OCC3CNC3)c2)cn1. The van der Waals surface area contributed by atoms with E-state index in [9.17, 15) is 0 Å². The number of rotatable bonds is 4. The molecule has 1 aromatic carbocycles. The number of benzene rings is 1. The molecule has 93 valence electrons. The minimum Gasteiger partial charge on any atom is -0.493 e. The molecular weight excluding hydrogens is 226 g/mol. The Hall–Kier alpha value is -1.81. The molecule has 1 aliphatic heterocycles. The normalized spacial score (nSPS) is 15.4. The van der Waals surface area contributed by atoms with Crippen molar-refractivity contribution in [3.63, 3.8) is 0 Å². The van der Waals surface area contributed by atoms with Gasteiger partial charge in [0, 0.05) is 37.8 Å². The van der Waals surface area contributed by atoms with Crippen LogP contribution < -0.4 is 10.1 Å². The number of nitrogens with one attached hydrogen (secondary N) is 1. The van der Waals surface area contributed by atoms with Crippen molar-refractivity contribution in [2.24, 2.45) is 13.0 Å². The summed E-state index contributed by atoms with van der Waals surface area (Å²) >= 11 is 0. The van der Waals surface area contributed by atoms with E-state index >= 15 is 0 Å². The zero-order valence-electron chi connectivity index (χ0n) is 10.4. The molecule has 1 aliphatic rings. The highest BCUT2D eigenvalue weighted by Crippen LogP contribution is 2.23. The van der Waals surface area contributed by atoms with Crippen LogP contribution in [0, 0.1) is 12.0 Å². The molecule has 0 atom stereocenters. The largest absolute Gasteiger partial charge is 0.493 e. The smallest absolute Gasteiger partial charge is 0.120 e. The first kappa shape index (κ1) is 11.3. The lowest BCUT2D eigenvalue weighted by Crippen LogP contribution is -2.45. The second-order valence-corrected chi connectivity index (χ2v) is 4.70. The van der Waals surface area contributed by atoms with Gasteiger partial charge in [-0.2, -0.15) is 5.10 Å². The summed E-state index contributed by atoms with van der Waals surface area (Å²) in [4.78, 5) is 0. The maximum absolute atomic E-state index is 5.78. The third-order valence-corrected chi connectivity index (χ3v) is 3.15. The highest BCUT2D eigenvalue weighted by Gasteiger charge is 2.17. The monoisotopic (exact) mass is 242 g/mol. The predicted octanol–water partition coefficient (Wildman–Crippen LogP) is 1.49. The summed E-state index contributed by atoms with van der Waals surface area (Å²) in [6.45, 7) is 2.90. The number of ether oxygens (including phenoxy) is 1. The van der Waals surface area contributed by atoms with Crippen LogP contribution in [0.4, 0.5) is 0 Å². The van der Waals surface area contributed by atoms with E-state index in [1.54, 1.807) is 4.68 Å². The van der Waals surface area contributed by atoms with E-state index in [1.165, 1.54) is 0 Å². The van der Waals surface area contributed by atoms with E-state index in [0.29, 0.717) is 5.92 Å². The van der Waals surface area contributed by atoms with Crippen molar-refractivity contribution in [3.05, 3.63) is 36.7 Å². The Labute approximate surface area is 107 Å². The quantitative estimate of drug-likeness (QED) is 0.882. The standard InChI is InChI=1S/C14H16N3O/c1-17-9-13(8-16-17)12-3-2-4-14(5-12)18-10-11-6-15-7-11/h3-5,8-9,11,15H,6-7,10H2,1H3. The van der Waals surface area contributed by atoms with Gasteiger partial charge in [-0.05, 0) is 29.8 Å². The molecule has 1 N–H and O–H groups in total. The first-order chi connectivity index (χ1) is 8.81. The van der Waals surface area contributed by atoms with Crippen LogP contribution in [0.2, 0.25) is 0 Å². The third-order valence-electron chi connectivity index (χ3n) is 3.15. The van der Waals surface area contributed by atoms with Crippen molar-refractivity contribution in [1.82, 2.24) is 15.1 Å². The van der Waals surface area contributed by atoms with E-state index in [2.05, 4.69) is 16.5 Å². The molecule has 0 bridgehead atoms. The first-order valence-corrected chi connectivity index (χ1v) is 6.15. The van der Waals surface area contributed by atoms with Gasteiger partial charge in [0.1, 0.15) is 5.75 Å². The summed E-state index contributed by atoms with van der Waals surface area (Å²) < 4.78 is 7.57. The molecule has 0 saturated carbocycles. The lowest BCUT2D eigenvalue weighted by atomic mass is 10.1. The van der Waals surface area contributed by atoms with Crippen molar-refractivity contribution in [2.75, 3.05) is 19.7 Å².